The summed E-state index contributed by atoms with van der Waals surface area (Å²) in [4.78, 5) is 13.9. The van der Waals surface area contributed by atoms with Gasteiger partial charge in [-0.25, -0.2) is 9.97 Å². The van der Waals surface area contributed by atoms with Crippen LogP contribution in [0.5, 0.6) is 5.88 Å². The SMILES string of the molecule is Nc1nnc(OCCc2cnc[nH]2)c2[nH]cnc12. The molecule has 3 aromatic rings. The van der Waals surface area contributed by atoms with Crippen LogP contribution >= 0.6 is 0 Å². The number of nitrogen functional groups attached to an aromatic ring is 1. The Balaban J connectivity index is 1.75. The molecule has 8 nitrogen and oxygen atoms in total. The molecule has 4 N–H and O–H groups in total. The zero-order valence-corrected chi connectivity index (χ0v) is 9.42. The number of anilines is 1. The lowest BCUT2D eigenvalue weighted by Gasteiger charge is -2.04. The van der Waals surface area contributed by atoms with Gasteiger partial charge in [0, 0.05) is 18.3 Å². The molecule has 0 atom stereocenters. The second kappa shape index (κ2) is 4.32. The van der Waals surface area contributed by atoms with E-state index in [9.17, 15) is 0 Å². The van der Waals surface area contributed by atoms with Crippen LogP contribution in [0.4, 0.5) is 5.82 Å². The largest absolute Gasteiger partial charge is 0.475 e. The molecule has 0 radical (unpaired) electrons. The Morgan fingerprint density at radius 1 is 1.22 bits per heavy atom. The average Bonchev–Trinajstić information content (AvgIpc) is 3.02. The zero-order chi connectivity index (χ0) is 12.4. The molecule has 0 bridgehead atoms. The van der Waals surface area contributed by atoms with Gasteiger partial charge in [0.15, 0.2) is 5.82 Å². The quantitative estimate of drug-likeness (QED) is 0.607. The molecule has 0 unspecified atom stereocenters. The van der Waals surface area contributed by atoms with Crippen LogP contribution in [0.3, 0.4) is 0 Å². The molecule has 0 aliphatic rings. The lowest BCUT2D eigenvalue weighted by molar-refractivity contribution is 0.308. The van der Waals surface area contributed by atoms with E-state index in [0.29, 0.717) is 29.9 Å². The van der Waals surface area contributed by atoms with Crippen molar-refractivity contribution in [1.82, 2.24) is 30.1 Å². The first-order valence-corrected chi connectivity index (χ1v) is 5.40. The highest BCUT2D eigenvalue weighted by Crippen LogP contribution is 2.22. The number of ether oxygens (including phenoxy) is 1. The van der Waals surface area contributed by atoms with Gasteiger partial charge >= 0.3 is 0 Å². The number of rotatable bonds is 4. The minimum atomic E-state index is 0.284. The van der Waals surface area contributed by atoms with Crippen molar-refractivity contribution >= 4 is 16.9 Å². The normalized spacial score (nSPS) is 10.9. The summed E-state index contributed by atoms with van der Waals surface area (Å²) in [7, 11) is 0. The lowest BCUT2D eigenvalue weighted by Crippen LogP contribution is -2.05. The Bertz CT molecular complexity index is 645. The summed E-state index contributed by atoms with van der Waals surface area (Å²) in [6, 6.07) is 0. The van der Waals surface area contributed by atoms with Gasteiger partial charge in [-0.3, -0.25) is 0 Å². The van der Waals surface area contributed by atoms with E-state index in [1.54, 1.807) is 12.5 Å². The van der Waals surface area contributed by atoms with Crippen molar-refractivity contribution in [2.75, 3.05) is 12.3 Å². The second-order valence-electron chi connectivity index (χ2n) is 3.69. The number of aromatic amines is 2. The number of hydrogen-bond acceptors (Lipinski definition) is 6. The third kappa shape index (κ3) is 1.83. The molecular weight excluding hydrogens is 234 g/mol. The van der Waals surface area contributed by atoms with E-state index in [2.05, 4.69) is 30.1 Å². The number of H-pyrrole nitrogens is 2. The van der Waals surface area contributed by atoms with Crippen molar-refractivity contribution in [3.05, 3.63) is 24.5 Å². The molecule has 18 heavy (non-hydrogen) atoms. The first-order valence-electron chi connectivity index (χ1n) is 5.40. The third-order valence-electron chi connectivity index (χ3n) is 2.51. The van der Waals surface area contributed by atoms with Crippen molar-refractivity contribution in [2.24, 2.45) is 0 Å². The van der Waals surface area contributed by atoms with Crippen molar-refractivity contribution in [2.45, 2.75) is 6.42 Å². The van der Waals surface area contributed by atoms with Crippen LogP contribution in [-0.4, -0.2) is 36.7 Å². The van der Waals surface area contributed by atoms with Crippen molar-refractivity contribution in [1.29, 1.82) is 0 Å². The minimum Gasteiger partial charge on any atom is -0.475 e. The first-order chi connectivity index (χ1) is 8.84. The van der Waals surface area contributed by atoms with E-state index in [0.717, 1.165) is 5.69 Å². The molecule has 0 aliphatic heterocycles. The number of nitrogens with one attached hydrogen (secondary N) is 2. The number of nitrogens with zero attached hydrogens (tertiary/aromatic N) is 4. The molecule has 0 saturated carbocycles. The van der Waals surface area contributed by atoms with Crippen molar-refractivity contribution < 1.29 is 4.74 Å². The fraction of sp³-hybridized carbons (Fsp3) is 0.200. The fourth-order valence-electron chi connectivity index (χ4n) is 1.63. The summed E-state index contributed by atoms with van der Waals surface area (Å²) in [5.74, 6) is 0.684. The van der Waals surface area contributed by atoms with Crippen LogP contribution in [-0.2, 0) is 6.42 Å². The molecule has 3 aromatic heterocycles. The van der Waals surface area contributed by atoms with Crippen LogP contribution in [0.25, 0.3) is 11.0 Å². The maximum Gasteiger partial charge on any atom is 0.259 e. The molecule has 0 spiro atoms. The number of aromatic nitrogens is 6. The molecule has 0 amide bonds. The Morgan fingerprint density at radius 3 is 3.00 bits per heavy atom. The van der Waals surface area contributed by atoms with Crippen LogP contribution in [0.2, 0.25) is 0 Å². The highest BCUT2D eigenvalue weighted by molar-refractivity contribution is 5.87. The summed E-state index contributed by atoms with van der Waals surface area (Å²) >= 11 is 0. The van der Waals surface area contributed by atoms with Gasteiger partial charge in [-0.2, -0.15) is 0 Å². The van der Waals surface area contributed by atoms with Gasteiger partial charge in [0.05, 0.1) is 19.3 Å². The molecule has 0 fully saturated rings. The van der Waals surface area contributed by atoms with E-state index < -0.39 is 0 Å². The zero-order valence-electron chi connectivity index (χ0n) is 9.42. The predicted molar refractivity (Wildman–Crippen MR) is 63.9 cm³/mol. The number of imidazole rings is 2. The van der Waals surface area contributed by atoms with Crippen LogP contribution < -0.4 is 10.5 Å². The first kappa shape index (κ1) is 10.5. The Labute approximate surface area is 102 Å². The van der Waals surface area contributed by atoms with Gasteiger partial charge in [-0.15, -0.1) is 10.2 Å². The van der Waals surface area contributed by atoms with Gasteiger partial charge in [0.25, 0.3) is 5.88 Å². The van der Waals surface area contributed by atoms with Gasteiger partial charge < -0.3 is 20.4 Å². The van der Waals surface area contributed by atoms with Crippen LogP contribution in [0.1, 0.15) is 5.69 Å². The fourth-order valence-corrected chi connectivity index (χ4v) is 1.63. The topological polar surface area (TPSA) is 118 Å². The van der Waals surface area contributed by atoms with Gasteiger partial charge in [0.2, 0.25) is 0 Å². The van der Waals surface area contributed by atoms with Crippen molar-refractivity contribution in [3.63, 3.8) is 0 Å². The third-order valence-corrected chi connectivity index (χ3v) is 2.51. The molecule has 0 saturated heterocycles. The second-order valence-corrected chi connectivity index (χ2v) is 3.69. The molecule has 92 valence electrons. The van der Waals surface area contributed by atoms with Crippen molar-refractivity contribution in [3.8, 4) is 5.88 Å². The van der Waals surface area contributed by atoms with E-state index in [-0.39, 0.29) is 5.82 Å². The standard InChI is InChI=1S/C10H11N7O/c11-9-7-8(15-5-14-7)10(17-16-9)18-2-1-6-3-12-4-13-6/h3-5H,1-2H2,(H2,11,16)(H,12,13)(H,14,15). The van der Waals surface area contributed by atoms with Gasteiger partial charge in [-0.05, 0) is 0 Å². The monoisotopic (exact) mass is 245 g/mol. The molecular formula is C10H11N7O. The maximum atomic E-state index is 5.65. The summed E-state index contributed by atoms with van der Waals surface area (Å²) in [5.41, 5.74) is 7.88. The highest BCUT2D eigenvalue weighted by Gasteiger charge is 2.10. The van der Waals surface area contributed by atoms with Crippen LogP contribution in [0.15, 0.2) is 18.9 Å². The summed E-state index contributed by atoms with van der Waals surface area (Å²) in [6.07, 6.45) is 5.63. The van der Waals surface area contributed by atoms with E-state index in [4.69, 9.17) is 10.5 Å². The Kier molecular flexibility index (Phi) is 2.52. The van der Waals surface area contributed by atoms with E-state index >= 15 is 0 Å². The Morgan fingerprint density at radius 2 is 2.17 bits per heavy atom. The van der Waals surface area contributed by atoms with Crippen LogP contribution in [0, 0.1) is 0 Å². The maximum absolute atomic E-state index is 5.65. The molecule has 8 heteroatoms. The minimum absolute atomic E-state index is 0.284. The molecule has 0 aromatic carbocycles. The smallest absolute Gasteiger partial charge is 0.259 e. The Hall–Kier alpha value is -2.64. The van der Waals surface area contributed by atoms with Gasteiger partial charge in [-0.1, -0.05) is 0 Å². The van der Waals surface area contributed by atoms with E-state index in [1.807, 2.05) is 0 Å². The summed E-state index contributed by atoms with van der Waals surface area (Å²) in [6.45, 7) is 0.467. The van der Waals surface area contributed by atoms with Gasteiger partial charge in [0.1, 0.15) is 11.0 Å². The molecule has 3 rings (SSSR count). The lowest BCUT2D eigenvalue weighted by atomic mass is 10.3. The summed E-state index contributed by atoms with van der Waals surface area (Å²) in [5, 5.41) is 7.70. The number of hydrogen-bond donors (Lipinski definition) is 3. The molecule has 3 heterocycles. The van der Waals surface area contributed by atoms with E-state index in [1.165, 1.54) is 6.33 Å². The highest BCUT2D eigenvalue weighted by atomic mass is 16.5. The predicted octanol–water partition coefficient (Wildman–Crippen LogP) is 0.280. The number of nitrogens with two attached hydrogens (primary N) is 1. The number of fused-ring (bicyclic) bond motifs is 1. The summed E-state index contributed by atoms with van der Waals surface area (Å²) < 4.78 is 5.56. The average molecular weight is 245 g/mol. The molecule has 0 aliphatic carbocycles.